The molecule has 100 valence electrons. The average Bonchev–Trinajstić information content (AvgIpc) is 2.59. The number of nitrogens with zero attached hydrogens (tertiary/aromatic N) is 2. The Morgan fingerprint density at radius 2 is 2.21 bits per heavy atom. The summed E-state index contributed by atoms with van der Waals surface area (Å²) < 4.78 is 13.0. The maximum atomic E-state index is 13.0. The maximum absolute atomic E-state index is 13.0. The van der Waals surface area contributed by atoms with Crippen LogP contribution in [0, 0.1) is 5.82 Å². The van der Waals surface area contributed by atoms with Crippen molar-refractivity contribution in [1.29, 1.82) is 0 Å². The molecule has 0 spiro atoms. The van der Waals surface area contributed by atoms with Crippen LogP contribution in [0.1, 0.15) is 25.8 Å². The molecule has 1 unspecified atom stereocenters. The molecule has 1 heterocycles. The first-order valence-corrected chi connectivity index (χ1v) is 5.92. The van der Waals surface area contributed by atoms with Crippen molar-refractivity contribution in [2.45, 2.75) is 25.8 Å². The van der Waals surface area contributed by atoms with Crippen molar-refractivity contribution in [2.75, 3.05) is 0 Å². The second-order valence-corrected chi connectivity index (χ2v) is 4.53. The van der Waals surface area contributed by atoms with Gasteiger partial charge in [-0.15, -0.1) is 5.01 Å². The minimum atomic E-state index is -0.920. The highest BCUT2D eigenvalue weighted by molar-refractivity contribution is 6.07. The predicted molar refractivity (Wildman–Crippen MR) is 68.1 cm³/mol. The SMILES string of the molecule is CCC1(C)NC(=O)N(N=Cc2cccc(F)c2)C1=O. The van der Waals surface area contributed by atoms with Crippen molar-refractivity contribution in [1.82, 2.24) is 10.3 Å². The molecule has 1 aliphatic heterocycles. The molecule has 1 aliphatic rings. The number of benzene rings is 1. The summed E-state index contributed by atoms with van der Waals surface area (Å²) in [6.45, 7) is 3.45. The molecule has 5 nitrogen and oxygen atoms in total. The minimum absolute atomic E-state index is 0.403. The molecule has 6 heteroatoms. The molecule has 3 amide bonds. The van der Waals surface area contributed by atoms with Crippen LogP contribution in [-0.2, 0) is 4.79 Å². The fourth-order valence-corrected chi connectivity index (χ4v) is 1.72. The standard InChI is InChI=1S/C13H14FN3O2/c1-3-13(2)11(18)17(12(19)16-13)15-8-9-5-4-6-10(14)7-9/h4-8H,3H2,1-2H3,(H,16,19). The van der Waals surface area contributed by atoms with Crippen LogP contribution in [-0.4, -0.2) is 28.7 Å². The van der Waals surface area contributed by atoms with E-state index in [0.717, 1.165) is 5.01 Å². The monoisotopic (exact) mass is 263 g/mol. The molecule has 0 saturated carbocycles. The van der Waals surface area contributed by atoms with Crippen molar-refractivity contribution < 1.29 is 14.0 Å². The van der Waals surface area contributed by atoms with Gasteiger partial charge in [-0.2, -0.15) is 5.10 Å². The number of amides is 3. The molecule has 0 aliphatic carbocycles. The summed E-state index contributed by atoms with van der Waals surface area (Å²) in [5.41, 5.74) is -0.443. The number of carbonyl (C=O) groups excluding carboxylic acids is 2. The zero-order valence-electron chi connectivity index (χ0n) is 10.7. The van der Waals surface area contributed by atoms with Crippen LogP contribution in [0.15, 0.2) is 29.4 Å². The molecule has 1 atom stereocenters. The lowest BCUT2D eigenvalue weighted by molar-refractivity contribution is -0.130. The van der Waals surface area contributed by atoms with Gasteiger partial charge in [-0.05, 0) is 31.0 Å². The number of hydrogen-bond donors (Lipinski definition) is 1. The lowest BCUT2D eigenvalue weighted by Gasteiger charge is -2.17. The zero-order valence-corrected chi connectivity index (χ0v) is 10.7. The fraction of sp³-hybridized carbons (Fsp3) is 0.308. The van der Waals surface area contributed by atoms with E-state index in [1.54, 1.807) is 19.9 Å². The van der Waals surface area contributed by atoms with Crippen LogP contribution in [0.25, 0.3) is 0 Å². The second-order valence-electron chi connectivity index (χ2n) is 4.53. The van der Waals surface area contributed by atoms with Crippen molar-refractivity contribution in [3.8, 4) is 0 Å². The van der Waals surface area contributed by atoms with Crippen LogP contribution in [0.5, 0.6) is 0 Å². The van der Waals surface area contributed by atoms with Crippen molar-refractivity contribution in [3.63, 3.8) is 0 Å². The lowest BCUT2D eigenvalue weighted by Crippen LogP contribution is -2.42. The zero-order chi connectivity index (χ0) is 14.0. The quantitative estimate of drug-likeness (QED) is 0.668. The van der Waals surface area contributed by atoms with Gasteiger partial charge in [0.05, 0.1) is 6.21 Å². The van der Waals surface area contributed by atoms with E-state index in [1.165, 1.54) is 24.4 Å². The van der Waals surface area contributed by atoms with Gasteiger partial charge in [-0.25, -0.2) is 9.18 Å². The normalized spacial score (nSPS) is 23.2. The van der Waals surface area contributed by atoms with E-state index in [2.05, 4.69) is 10.4 Å². The number of hydrazone groups is 1. The molecule has 1 aromatic rings. The second kappa shape index (κ2) is 4.79. The highest BCUT2D eigenvalue weighted by Crippen LogP contribution is 2.20. The third-order valence-corrected chi connectivity index (χ3v) is 3.12. The molecule has 2 rings (SSSR count). The van der Waals surface area contributed by atoms with Gasteiger partial charge in [0.2, 0.25) is 0 Å². The van der Waals surface area contributed by atoms with Crippen molar-refractivity contribution >= 4 is 18.2 Å². The first kappa shape index (κ1) is 13.2. The predicted octanol–water partition coefficient (Wildman–Crippen LogP) is 1.88. The van der Waals surface area contributed by atoms with Gasteiger partial charge in [0.25, 0.3) is 5.91 Å². The Hall–Kier alpha value is -2.24. The molecule has 1 aromatic carbocycles. The summed E-state index contributed by atoms with van der Waals surface area (Å²) in [5.74, 6) is -0.813. The number of halogens is 1. The van der Waals surface area contributed by atoms with Gasteiger partial charge in [-0.1, -0.05) is 19.1 Å². The summed E-state index contributed by atoms with van der Waals surface area (Å²) in [6.07, 6.45) is 1.76. The Bertz CT molecular complexity index is 559. The Morgan fingerprint density at radius 1 is 1.47 bits per heavy atom. The van der Waals surface area contributed by atoms with Gasteiger partial charge in [-0.3, -0.25) is 4.79 Å². The highest BCUT2D eigenvalue weighted by Gasteiger charge is 2.46. The van der Waals surface area contributed by atoms with Crippen LogP contribution in [0.2, 0.25) is 0 Å². The number of hydrogen-bond acceptors (Lipinski definition) is 3. The van der Waals surface area contributed by atoms with Crippen LogP contribution in [0.4, 0.5) is 9.18 Å². The molecular weight excluding hydrogens is 249 g/mol. The summed E-state index contributed by atoms with van der Waals surface area (Å²) in [7, 11) is 0. The largest absolute Gasteiger partial charge is 0.346 e. The minimum Gasteiger partial charge on any atom is -0.322 e. The molecule has 0 radical (unpaired) electrons. The van der Waals surface area contributed by atoms with E-state index in [4.69, 9.17) is 0 Å². The highest BCUT2D eigenvalue weighted by atomic mass is 19.1. The van der Waals surface area contributed by atoms with Crippen LogP contribution < -0.4 is 5.32 Å². The number of rotatable bonds is 3. The summed E-state index contributed by atoms with van der Waals surface area (Å²) in [5, 5.41) is 7.17. The number of nitrogens with one attached hydrogen (secondary N) is 1. The van der Waals surface area contributed by atoms with E-state index in [1.807, 2.05) is 0 Å². The Labute approximate surface area is 110 Å². The third-order valence-electron chi connectivity index (χ3n) is 3.12. The van der Waals surface area contributed by atoms with Crippen LogP contribution in [0.3, 0.4) is 0 Å². The van der Waals surface area contributed by atoms with Gasteiger partial charge in [0, 0.05) is 0 Å². The van der Waals surface area contributed by atoms with E-state index in [0.29, 0.717) is 12.0 Å². The Kier molecular flexibility index (Phi) is 3.33. The molecule has 0 aromatic heterocycles. The van der Waals surface area contributed by atoms with Crippen molar-refractivity contribution in [2.24, 2.45) is 5.10 Å². The fourth-order valence-electron chi connectivity index (χ4n) is 1.72. The lowest BCUT2D eigenvalue weighted by atomic mass is 10.00. The number of carbonyl (C=O) groups is 2. The smallest absolute Gasteiger partial charge is 0.322 e. The molecule has 1 saturated heterocycles. The summed E-state index contributed by atoms with van der Waals surface area (Å²) >= 11 is 0. The van der Waals surface area contributed by atoms with Gasteiger partial charge in [0.15, 0.2) is 0 Å². The van der Waals surface area contributed by atoms with E-state index in [9.17, 15) is 14.0 Å². The molecule has 19 heavy (non-hydrogen) atoms. The topological polar surface area (TPSA) is 61.8 Å². The first-order valence-electron chi connectivity index (χ1n) is 5.92. The van der Waals surface area contributed by atoms with Gasteiger partial charge >= 0.3 is 6.03 Å². The van der Waals surface area contributed by atoms with E-state index < -0.39 is 23.3 Å². The van der Waals surface area contributed by atoms with Gasteiger partial charge < -0.3 is 5.32 Å². The molecular formula is C13H14FN3O2. The molecule has 1 N–H and O–H groups in total. The Balaban J connectivity index is 2.20. The van der Waals surface area contributed by atoms with E-state index >= 15 is 0 Å². The first-order chi connectivity index (χ1) is 8.96. The van der Waals surface area contributed by atoms with Gasteiger partial charge in [0.1, 0.15) is 11.4 Å². The molecule has 0 bridgehead atoms. The summed E-state index contributed by atoms with van der Waals surface area (Å²) in [6, 6.07) is 5.16. The van der Waals surface area contributed by atoms with Crippen LogP contribution >= 0.6 is 0 Å². The average molecular weight is 263 g/mol. The van der Waals surface area contributed by atoms with Crippen molar-refractivity contribution in [3.05, 3.63) is 35.6 Å². The maximum Gasteiger partial charge on any atom is 0.346 e. The summed E-state index contributed by atoms with van der Waals surface area (Å²) in [4.78, 5) is 23.7. The van der Waals surface area contributed by atoms with E-state index in [-0.39, 0.29) is 0 Å². The Morgan fingerprint density at radius 3 is 2.79 bits per heavy atom. The number of imide groups is 1. The molecule has 1 fully saturated rings. The number of urea groups is 1. The third kappa shape index (κ3) is 2.47.